The molecule has 0 aliphatic rings. The van der Waals surface area contributed by atoms with Gasteiger partial charge in [-0.3, -0.25) is 4.98 Å². The number of benzene rings is 1. The van der Waals surface area contributed by atoms with Gasteiger partial charge in [0.15, 0.2) is 9.84 Å². The van der Waals surface area contributed by atoms with Crippen molar-refractivity contribution in [1.82, 2.24) is 4.98 Å². The molecule has 0 saturated heterocycles. The molecule has 6 heteroatoms. The van der Waals surface area contributed by atoms with Gasteiger partial charge in [-0.1, -0.05) is 22.0 Å². The van der Waals surface area contributed by atoms with Crippen LogP contribution < -0.4 is 5.73 Å². The number of nitrogens with two attached hydrogens (primary N) is 1. The van der Waals surface area contributed by atoms with Gasteiger partial charge in [-0.25, -0.2) is 8.42 Å². The van der Waals surface area contributed by atoms with E-state index < -0.39 is 15.1 Å². The molecule has 2 aromatic rings. The molecule has 19 heavy (non-hydrogen) atoms. The van der Waals surface area contributed by atoms with Crippen LogP contribution in [0.1, 0.15) is 10.8 Å². The Labute approximate surface area is 120 Å². The van der Waals surface area contributed by atoms with Crippen LogP contribution in [0.5, 0.6) is 0 Å². The molecule has 1 atom stereocenters. The van der Waals surface area contributed by atoms with Crippen LogP contribution in [-0.2, 0) is 9.84 Å². The number of aromatic nitrogens is 1. The van der Waals surface area contributed by atoms with Crippen LogP contribution >= 0.6 is 15.9 Å². The quantitative estimate of drug-likeness (QED) is 0.926. The zero-order valence-electron chi connectivity index (χ0n) is 10.0. The van der Waals surface area contributed by atoms with Crippen LogP contribution in [0, 0.1) is 0 Å². The smallest absolute Gasteiger partial charge is 0.186 e. The van der Waals surface area contributed by atoms with Crippen molar-refractivity contribution < 1.29 is 8.42 Å². The van der Waals surface area contributed by atoms with Gasteiger partial charge in [0, 0.05) is 23.4 Å². The summed E-state index contributed by atoms with van der Waals surface area (Å²) in [5, 5.41) is -0.776. The van der Waals surface area contributed by atoms with E-state index in [4.69, 9.17) is 5.73 Å². The van der Waals surface area contributed by atoms with Crippen molar-refractivity contribution in [2.45, 2.75) is 10.1 Å². The summed E-state index contributed by atoms with van der Waals surface area (Å²) in [5.41, 5.74) is 6.25. The van der Waals surface area contributed by atoms with E-state index >= 15 is 0 Å². The first kappa shape index (κ1) is 14.2. The predicted molar refractivity (Wildman–Crippen MR) is 77.4 cm³/mol. The molecule has 1 aromatic carbocycles. The molecule has 1 unspecified atom stereocenters. The molecule has 4 nitrogen and oxygen atoms in total. The fourth-order valence-corrected chi connectivity index (χ4v) is 3.66. The van der Waals surface area contributed by atoms with E-state index in [1.807, 2.05) is 0 Å². The highest BCUT2D eigenvalue weighted by Crippen LogP contribution is 2.28. The molecule has 0 amide bonds. The topological polar surface area (TPSA) is 73.0 Å². The molecule has 0 saturated carbocycles. The molecule has 0 radical (unpaired) electrons. The number of nitrogens with zero attached hydrogens (tertiary/aromatic N) is 1. The van der Waals surface area contributed by atoms with E-state index in [0.717, 1.165) is 4.47 Å². The van der Waals surface area contributed by atoms with Crippen molar-refractivity contribution in [1.29, 1.82) is 0 Å². The fraction of sp³-hybridized carbons (Fsp3) is 0.154. The van der Waals surface area contributed by atoms with E-state index in [1.54, 1.807) is 42.6 Å². The van der Waals surface area contributed by atoms with Crippen LogP contribution in [0.25, 0.3) is 0 Å². The number of sulfone groups is 1. The Morgan fingerprint density at radius 3 is 2.42 bits per heavy atom. The van der Waals surface area contributed by atoms with Crippen LogP contribution in [-0.4, -0.2) is 19.9 Å². The van der Waals surface area contributed by atoms with E-state index in [0.29, 0.717) is 5.56 Å². The van der Waals surface area contributed by atoms with Crippen molar-refractivity contribution in [2.75, 3.05) is 6.54 Å². The summed E-state index contributed by atoms with van der Waals surface area (Å²) in [6.45, 7) is 0.0179. The molecule has 100 valence electrons. The monoisotopic (exact) mass is 340 g/mol. The van der Waals surface area contributed by atoms with Gasteiger partial charge in [-0.2, -0.15) is 0 Å². The molecule has 2 N–H and O–H groups in total. The predicted octanol–water partition coefficient (Wildman–Crippen LogP) is 2.32. The summed E-state index contributed by atoms with van der Waals surface area (Å²) >= 11 is 3.28. The second kappa shape index (κ2) is 5.81. The fourth-order valence-electron chi connectivity index (χ4n) is 1.80. The molecule has 0 aliphatic heterocycles. The van der Waals surface area contributed by atoms with Crippen molar-refractivity contribution in [3.63, 3.8) is 0 Å². The summed E-state index contributed by atoms with van der Waals surface area (Å²) in [4.78, 5) is 4.21. The normalized spacial score (nSPS) is 13.2. The highest BCUT2D eigenvalue weighted by molar-refractivity contribution is 9.10. The molecule has 0 spiro atoms. The highest BCUT2D eigenvalue weighted by Gasteiger charge is 2.27. The van der Waals surface area contributed by atoms with Gasteiger partial charge < -0.3 is 5.73 Å². The Balaban J connectivity index is 2.45. The first-order valence-corrected chi connectivity index (χ1v) is 7.99. The maximum atomic E-state index is 12.6. The third kappa shape index (κ3) is 3.02. The van der Waals surface area contributed by atoms with Gasteiger partial charge in [-0.05, 0) is 35.9 Å². The molecule has 0 bridgehead atoms. The third-order valence-corrected chi connectivity index (χ3v) is 5.46. The lowest BCUT2D eigenvalue weighted by molar-refractivity contribution is 0.582. The molecule has 1 aromatic heterocycles. The lowest BCUT2D eigenvalue weighted by Gasteiger charge is -2.16. The van der Waals surface area contributed by atoms with Gasteiger partial charge >= 0.3 is 0 Å². The van der Waals surface area contributed by atoms with Crippen molar-refractivity contribution in [3.05, 3.63) is 58.8 Å². The van der Waals surface area contributed by atoms with Crippen molar-refractivity contribution in [3.8, 4) is 0 Å². The van der Waals surface area contributed by atoms with Crippen LogP contribution in [0.4, 0.5) is 0 Å². The Kier molecular flexibility index (Phi) is 4.34. The molecule has 0 fully saturated rings. The standard InChI is InChI=1S/C13H13BrN2O2S/c14-11-3-5-12(6-4-11)19(17,18)13(8-15)10-2-1-7-16-9-10/h1-7,9,13H,8,15H2. The van der Waals surface area contributed by atoms with Gasteiger partial charge in [0.2, 0.25) is 0 Å². The second-order valence-corrected chi connectivity index (χ2v) is 7.06. The van der Waals surface area contributed by atoms with Gasteiger partial charge in [-0.15, -0.1) is 0 Å². The summed E-state index contributed by atoms with van der Waals surface area (Å²) < 4.78 is 25.9. The highest BCUT2D eigenvalue weighted by atomic mass is 79.9. The van der Waals surface area contributed by atoms with Gasteiger partial charge in [0.25, 0.3) is 0 Å². The minimum atomic E-state index is -3.51. The van der Waals surface area contributed by atoms with Gasteiger partial charge in [0.1, 0.15) is 5.25 Å². The Hall–Kier alpha value is -1.24. The number of hydrogen-bond acceptors (Lipinski definition) is 4. The summed E-state index contributed by atoms with van der Waals surface area (Å²) in [6.07, 6.45) is 3.14. The first-order chi connectivity index (χ1) is 9.05. The Morgan fingerprint density at radius 2 is 1.89 bits per heavy atom. The minimum absolute atomic E-state index is 0.0179. The lowest BCUT2D eigenvalue weighted by atomic mass is 10.2. The molecule has 2 rings (SSSR count). The number of halogens is 1. The lowest BCUT2D eigenvalue weighted by Crippen LogP contribution is -2.22. The van der Waals surface area contributed by atoms with Gasteiger partial charge in [0.05, 0.1) is 4.90 Å². The van der Waals surface area contributed by atoms with Crippen molar-refractivity contribution >= 4 is 25.8 Å². The van der Waals surface area contributed by atoms with E-state index in [9.17, 15) is 8.42 Å². The minimum Gasteiger partial charge on any atom is -0.329 e. The van der Waals surface area contributed by atoms with Crippen LogP contribution in [0.15, 0.2) is 58.2 Å². The molecule has 0 aliphatic carbocycles. The maximum Gasteiger partial charge on any atom is 0.186 e. The first-order valence-electron chi connectivity index (χ1n) is 5.65. The average molecular weight is 341 g/mol. The average Bonchev–Trinajstić information content (AvgIpc) is 2.41. The summed E-state index contributed by atoms with van der Waals surface area (Å²) in [6, 6.07) is 9.96. The number of pyridine rings is 1. The number of hydrogen-bond donors (Lipinski definition) is 1. The zero-order chi connectivity index (χ0) is 13.9. The van der Waals surface area contributed by atoms with E-state index in [2.05, 4.69) is 20.9 Å². The van der Waals surface area contributed by atoms with Crippen molar-refractivity contribution in [2.24, 2.45) is 5.73 Å². The Bertz CT molecular complexity index is 642. The van der Waals surface area contributed by atoms with E-state index in [1.165, 1.54) is 6.20 Å². The maximum absolute atomic E-state index is 12.6. The summed E-state index contributed by atoms with van der Waals surface area (Å²) in [7, 11) is -3.51. The van der Waals surface area contributed by atoms with Crippen LogP contribution in [0.2, 0.25) is 0 Å². The van der Waals surface area contributed by atoms with Crippen LogP contribution in [0.3, 0.4) is 0 Å². The summed E-state index contributed by atoms with van der Waals surface area (Å²) in [5.74, 6) is 0. The third-order valence-electron chi connectivity index (χ3n) is 2.79. The molecular formula is C13H13BrN2O2S. The SMILES string of the molecule is NCC(c1cccnc1)S(=O)(=O)c1ccc(Br)cc1. The van der Waals surface area contributed by atoms with E-state index in [-0.39, 0.29) is 11.4 Å². The number of rotatable bonds is 4. The zero-order valence-corrected chi connectivity index (χ0v) is 12.4. The molecule has 1 heterocycles. The largest absolute Gasteiger partial charge is 0.329 e. The Morgan fingerprint density at radius 1 is 1.21 bits per heavy atom. The second-order valence-electron chi connectivity index (χ2n) is 4.01. The molecular weight excluding hydrogens is 328 g/mol.